The lowest BCUT2D eigenvalue weighted by Gasteiger charge is -2.11. The zero-order valence-electron chi connectivity index (χ0n) is 25.4. The van der Waals surface area contributed by atoms with E-state index in [-0.39, 0.29) is 65.5 Å². The highest BCUT2D eigenvalue weighted by Gasteiger charge is 2.21. The summed E-state index contributed by atoms with van der Waals surface area (Å²) in [6.45, 7) is 3.04. The minimum atomic E-state index is -1.32. The maximum atomic E-state index is 12.7. The molecule has 20 heteroatoms. The van der Waals surface area contributed by atoms with Crippen molar-refractivity contribution in [3.63, 3.8) is 0 Å². The van der Waals surface area contributed by atoms with Gasteiger partial charge in [-0.2, -0.15) is 0 Å². The van der Waals surface area contributed by atoms with Crippen LogP contribution >= 0.6 is 0 Å². The number of aliphatic hydroxyl groups excluding tert-OH is 2. The Bertz CT molecular complexity index is 1150. The van der Waals surface area contributed by atoms with E-state index in [4.69, 9.17) is 67.1 Å². The maximum Gasteiger partial charge on any atom is 0.386 e. The SMILES string of the molecule is C=COCOCOCOCOCOC(=O)c1cc(C(=O)OCOCOCOCOCOC=C)cc(C(=O)OOC(=C=O)C(=CO)CO)c1. The van der Waals surface area contributed by atoms with Gasteiger partial charge in [0.15, 0.2) is 73.9 Å². The van der Waals surface area contributed by atoms with Crippen molar-refractivity contribution < 1.29 is 96.0 Å². The largest absolute Gasteiger partial charge is 0.515 e. The number of aliphatic hydroxyl groups is 2. The van der Waals surface area contributed by atoms with Crippen molar-refractivity contribution in [2.24, 2.45) is 0 Å². The van der Waals surface area contributed by atoms with E-state index in [1.165, 1.54) is 18.5 Å². The van der Waals surface area contributed by atoms with E-state index < -0.39 is 55.0 Å². The van der Waals surface area contributed by atoms with Crippen LogP contribution in [0.2, 0.25) is 0 Å². The zero-order chi connectivity index (χ0) is 35.2. The minimum absolute atomic E-state index is 0.0622. The molecule has 2 N–H and O–H groups in total. The van der Waals surface area contributed by atoms with Crippen molar-refractivity contribution in [2.45, 2.75) is 0 Å². The van der Waals surface area contributed by atoms with E-state index in [0.717, 1.165) is 18.2 Å². The van der Waals surface area contributed by atoms with Crippen LogP contribution in [0.1, 0.15) is 31.1 Å². The van der Waals surface area contributed by atoms with Gasteiger partial charge in [0.2, 0.25) is 0 Å². The highest BCUT2D eigenvalue weighted by atomic mass is 17.2. The molecule has 0 amide bonds. The Morgan fingerprint density at radius 2 is 0.979 bits per heavy atom. The number of ether oxygens (including phenoxy) is 12. The highest BCUT2D eigenvalue weighted by Crippen LogP contribution is 2.16. The average Bonchev–Trinajstić information content (AvgIpc) is 3.10. The summed E-state index contributed by atoms with van der Waals surface area (Å²) in [6, 6.07) is 2.95. The van der Waals surface area contributed by atoms with Crippen molar-refractivity contribution in [1.29, 1.82) is 0 Å². The third-order valence-corrected chi connectivity index (χ3v) is 4.64. The van der Waals surface area contributed by atoms with Gasteiger partial charge in [0.25, 0.3) is 5.76 Å². The predicted octanol–water partition coefficient (Wildman–Crippen LogP) is 1.27. The fourth-order valence-electron chi connectivity index (χ4n) is 2.59. The van der Waals surface area contributed by atoms with Gasteiger partial charge < -0.3 is 67.1 Å². The van der Waals surface area contributed by atoms with Crippen LogP contribution in [-0.2, 0) is 71.4 Å². The van der Waals surface area contributed by atoms with Gasteiger partial charge in [0.1, 0.15) is 0 Å². The fraction of sp³-hybridized carbons (Fsp3) is 0.393. The van der Waals surface area contributed by atoms with Crippen LogP contribution in [0.3, 0.4) is 0 Å². The fourth-order valence-corrected chi connectivity index (χ4v) is 2.59. The van der Waals surface area contributed by atoms with Gasteiger partial charge in [-0.15, -0.1) is 0 Å². The van der Waals surface area contributed by atoms with Gasteiger partial charge in [-0.3, -0.25) is 4.89 Å². The smallest absolute Gasteiger partial charge is 0.386 e. The molecule has 0 atom stereocenters. The summed E-state index contributed by atoms with van der Waals surface area (Å²) < 4.78 is 59.1. The van der Waals surface area contributed by atoms with Crippen LogP contribution in [-0.4, -0.2) is 109 Å². The summed E-state index contributed by atoms with van der Waals surface area (Å²) in [5, 5.41) is 18.2. The molecule has 0 spiro atoms. The van der Waals surface area contributed by atoms with Crippen LogP contribution in [0.15, 0.2) is 61.5 Å². The van der Waals surface area contributed by atoms with Crippen LogP contribution in [0, 0.1) is 0 Å². The summed E-state index contributed by atoms with van der Waals surface area (Å²) in [7, 11) is 0. The summed E-state index contributed by atoms with van der Waals surface area (Å²) in [6.07, 6.45) is 2.71. The van der Waals surface area contributed by atoms with Crippen LogP contribution < -0.4 is 0 Å². The predicted molar refractivity (Wildman–Crippen MR) is 151 cm³/mol. The minimum Gasteiger partial charge on any atom is -0.515 e. The normalized spacial score (nSPS) is 10.7. The number of benzene rings is 1. The van der Waals surface area contributed by atoms with E-state index in [2.05, 4.69) is 22.9 Å². The van der Waals surface area contributed by atoms with Gasteiger partial charge in [0.05, 0.1) is 47.7 Å². The summed E-state index contributed by atoms with van der Waals surface area (Å²) in [5.41, 5.74) is -1.61. The molecule has 1 aromatic rings. The zero-order valence-corrected chi connectivity index (χ0v) is 25.4. The molecule has 0 saturated heterocycles. The van der Waals surface area contributed by atoms with Crippen LogP contribution in [0.5, 0.6) is 0 Å². The molecule has 20 nitrogen and oxygen atoms in total. The molecular formula is C28H34O20. The highest BCUT2D eigenvalue weighted by molar-refractivity contribution is 6.00. The maximum absolute atomic E-state index is 12.7. The third-order valence-electron chi connectivity index (χ3n) is 4.64. The molecule has 0 aromatic heterocycles. The molecule has 0 aliphatic heterocycles. The first-order valence-electron chi connectivity index (χ1n) is 13.1. The second-order valence-electron chi connectivity index (χ2n) is 7.84. The molecule has 0 radical (unpaired) electrons. The number of rotatable bonds is 29. The topological polar surface area (TPSA) is 238 Å². The first-order valence-corrected chi connectivity index (χ1v) is 13.1. The lowest BCUT2D eigenvalue weighted by Crippen LogP contribution is -2.16. The number of hydrogen-bond donors (Lipinski definition) is 2. The number of carbonyl (C=O) groups excluding carboxylic acids is 4. The van der Waals surface area contributed by atoms with Gasteiger partial charge in [-0.1, -0.05) is 13.2 Å². The van der Waals surface area contributed by atoms with E-state index in [1.54, 1.807) is 0 Å². The molecule has 48 heavy (non-hydrogen) atoms. The van der Waals surface area contributed by atoms with Crippen molar-refractivity contribution in [2.75, 3.05) is 74.5 Å². The third kappa shape index (κ3) is 18.3. The molecule has 0 heterocycles. The summed E-state index contributed by atoms with van der Waals surface area (Å²) in [5.74, 6) is -3.08. The number of esters is 2. The standard InChI is InChI=1S/C28H34O20/c1-3-35-11-37-13-39-15-41-17-43-19-45-26(32)21-5-22(27(33)46-20-44-18-42-16-40-14-38-12-36-4-2)7-23(6-21)28(34)48-47-25(10-31)24(8-29)9-30/h3-8,29-30H,1-2,9,11-20H2. The van der Waals surface area contributed by atoms with Crippen molar-refractivity contribution >= 4 is 23.8 Å². The van der Waals surface area contributed by atoms with E-state index in [0.29, 0.717) is 6.26 Å². The van der Waals surface area contributed by atoms with E-state index in [9.17, 15) is 19.2 Å². The Balaban J connectivity index is 2.74. The molecule has 0 bridgehead atoms. The van der Waals surface area contributed by atoms with Crippen molar-refractivity contribution in [3.05, 3.63) is 78.2 Å². The van der Waals surface area contributed by atoms with Gasteiger partial charge in [0, 0.05) is 0 Å². The molecule has 1 rings (SSSR count). The van der Waals surface area contributed by atoms with Gasteiger partial charge in [-0.25, -0.2) is 24.1 Å². The van der Waals surface area contributed by atoms with Crippen molar-refractivity contribution in [3.8, 4) is 0 Å². The van der Waals surface area contributed by atoms with Gasteiger partial charge in [-0.05, 0) is 18.2 Å². The summed E-state index contributed by atoms with van der Waals surface area (Å²) in [4.78, 5) is 58.1. The Kier molecular flexibility index (Phi) is 23.4. The van der Waals surface area contributed by atoms with E-state index in [1.807, 2.05) is 0 Å². The second kappa shape index (κ2) is 27.3. The summed E-state index contributed by atoms with van der Waals surface area (Å²) >= 11 is 0. The molecule has 0 aliphatic rings. The van der Waals surface area contributed by atoms with Crippen LogP contribution in [0.4, 0.5) is 0 Å². The second-order valence-corrected chi connectivity index (χ2v) is 7.84. The Labute approximate surface area is 272 Å². The van der Waals surface area contributed by atoms with Crippen molar-refractivity contribution in [1.82, 2.24) is 0 Å². The van der Waals surface area contributed by atoms with Gasteiger partial charge >= 0.3 is 17.9 Å². The Morgan fingerprint density at radius 1 is 0.604 bits per heavy atom. The average molecular weight is 691 g/mol. The Morgan fingerprint density at radius 3 is 1.33 bits per heavy atom. The van der Waals surface area contributed by atoms with Crippen LogP contribution in [0.25, 0.3) is 0 Å². The first kappa shape index (κ1) is 41.2. The lowest BCUT2D eigenvalue weighted by molar-refractivity contribution is -0.201. The first-order chi connectivity index (χ1) is 23.4. The number of carbonyl (C=O) groups is 3. The molecule has 266 valence electrons. The monoisotopic (exact) mass is 690 g/mol. The molecular weight excluding hydrogens is 656 g/mol. The molecule has 0 aliphatic carbocycles. The van der Waals surface area contributed by atoms with E-state index >= 15 is 0 Å². The molecule has 0 saturated carbocycles. The quantitative estimate of drug-likeness (QED) is 0.0176. The lowest BCUT2D eigenvalue weighted by atomic mass is 10.1. The Hall–Kier alpha value is -4.86. The molecule has 0 fully saturated rings. The molecule has 0 unspecified atom stereocenters. The number of hydrogen-bond acceptors (Lipinski definition) is 20. The molecule has 1 aromatic carbocycles.